The highest BCUT2D eigenvalue weighted by Gasteiger charge is 2.20. The number of carboxylic acids is 1. The molecule has 216 valence electrons. The lowest BCUT2D eigenvalue weighted by Crippen LogP contribution is -2.27. The van der Waals surface area contributed by atoms with Crippen LogP contribution in [0.15, 0.2) is 103 Å². The number of hydrogen-bond donors (Lipinski definition) is 3. The summed E-state index contributed by atoms with van der Waals surface area (Å²) in [5, 5.41) is 26.5. The van der Waals surface area contributed by atoms with Crippen LogP contribution >= 0.6 is 0 Å². The Kier molecular flexibility index (Phi) is 7.48. The molecule has 0 spiro atoms. The van der Waals surface area contributed by atoms with Gasteiger partial charge in [0, 0.05) is 28.3 Å². The molecule has 4 aromatic carbocycles. The second kappa shape index (κ2) is 11.7. The number of carbonyl (C=O) groups excluding carboxylic acids is 1. The Morgan fingerprint density at radius 3 is 2.57 bits per heavy atom. The molecule has 2 aromatic heterocycles. The highest BCUT2D eigenvalue weighted by Crippen LogP contribution is 2.32. The molecule has 0 saturated carbocycles. The van der Waals surface area contributed by atoms with E-state index in [2.05, 4.69) is 10.6 Å². The minimum atomic E-state index is -1.02. The van der Waals surface area contributed by atoms with Crippen molar-refractivity contribution < 1.29 is 19.1 Å². The molecule has 9 heteroatoms. The number of fused-ring (bicyclic) bond motifs is 2. The first-order valence-electron chi connectivity index (χ1n) is 13.9. The van der Waals surface area contributed by atoms with E-state index in [0.29, 0.717) is 29.0 Å². The molecule has 44 heavy (non-hydrogen) atoms. The summed E-state index contributed by atoms with van der Waals surface area (Å²) < 4.78 is 16.1. The Labute approximate surface area is 252 Å². The van der Waals surface area contributed by atoms with E-state index in [1.165, 1.54) is 18.2 Å². The lowest BCUT2D eigenvalue weighted by Gasteiger charge is -2.17. The predicted molar refractivity (Wildman–Crippen MR) is 166 cm³/mol. The molecular weight excluding hydrogens is 557 g/mol. The molecule has 0 radical (unpaired) electrons. The molecule has 8 nitrogen and oxygen atoms in total. The van der Waals surface area contributed by atoms with Gasteiger partial charge in [0.15, 0.2) is 0 Å². The number of pyridine rings is 1. The van der Waals surface area contributed by atoms with E-state index in [4.69, 9.17) is 4.98 Å². The number of benzene rings is 4. The molecule has 0 bridgehead atoms. The maximum Gasteiger partial charge on any atom is 0.335 e. The molecule has 0 unspecified atom stereocenters. The number of halogens is 1. The van der Waals surface area contributed by atoms with Crippen molar-refractivity contribution in [3.05, 3.63) is 137 Å². The molecule has 6 aromatic rings. The molecule has 0 fully saturated rings. The maximum absolute atomic E-state index is 14.2. The number of para-hydroxylation sites is 1. The van der Waals surface area contributed by atoms with Crippen LogP contribution in [0.25, 0.3) is 21.8 Å². The summed E-state index contributed by atoms with van der Waals surface area (Å²) in [7, 11) is 0. The summed E-state index contributed by atoms with van der Waals surface area (Å²) in [5.41, 5.74) is 4.88. The third kappa shape index (κ3) is 5.69. The smallest absolute Gasteiger partial charge is 0.335 e. The van der Waals surface area contributed by atoms with Gasteiger partial charge in [0.1, 0.15) is 5.82 Å². The van der Waals surface area contributed by atoms with Crippen LogP contribution in [-0.4, -0.2) is 26.5 Å². The van der Waals surface area contributed by atoms with Crippen molar-refractivity contribution in [3.63, 3.8) is 0 Å². The van der Waals surface area contributed by atoms with Crippen LogP contribution in [0.1, 0.15) is 50.5 Å². The fraction of sp³-hybridized carbons (Fsp3) is 0.0857. The zero-order chi connectivity index (χ0) is 30.8. The third-order valence-electron chi connectivity index (χ3n) is 7.47. The predicted octanol–water partition coefficient (Wildman–Crippen LogP) is 7.18. The second-order valence-electron chi connectivity index (χ2n) is 10.4. The first-order valence-corrected chi connectivity index (χ1v) is 13.9. The summed E-state index contributed by atoms with van der Waals surface area (Å²) in [6, 6.07) is 29.1. The number of carbonyl (C=O) groups is 2. The van der Waals surface area contributed by atoms with E-state index >= 15 is 0 Å². The molecule has 1 atom stereocenters. The van der Waals surface area contributed by atoms with Crippen LogP contribution < -0.4 is 10.6 Å². The van der Waals surface area contributed by atoms with Gasteiger partial charge < -0.3 is 20.3 Å². The van der Waals surface area contributed by atoms with Crippen LogP contribution in [0.3, 0.4) is 0 Å². The minimum Gasteiger partial charge on any atom is -0.478 e. The molecule has 0 saturated heterocycles. The normalized spacial score (nSPS) is 11.7. The van der Waals surface area contributed by atoms with Crippen LogP contribution in [0.2, 0.25) is 0 Å². The lowest BCUT2D eigenvalue weighted by atomic mass is 10.0. The standard InChI is InChI=1S/C35H26FN5O3/c1-21(23-6-8-25(9-7-23)35(43)44)38-34(42)30-12-13-32(40-28-17-22(19-37)16-26(36)18-28)29-14-15-41(33(29)30)20-27-11-10-24-4-2-3-5-31(24)39-27/h2-18,21,40H,20H2,1H3,(H,38,42)(H,43,44)/t21-/m0/s1. The molecule has 0 aliphatic heterocycles. The molecule has 6 rings (SSSR count). The second-order valence-corrected chi connectivity index (χ2v) is 10.4. The van der Waals surface area contributed by atoms with Crippen LogP contribution in [-0.2, 0) is 6.54 Å². The van der Waals surface area contributed by atoms with E-state index in [9.17, 15) is 24.3 Å². The van der Waals surface area contributed by atoms with Crippen molar-refractivity contribution in [1.29, 1.82) is 5.26 Å². The Balaban J connectivity index is 1.38. The number of aromatic nitrogens is 2. The fourth-order valence-electron chi connectivity index (χ4n) is 5.27. The average molecular weight is 584 g/mol. The third-order valence-corrected chi connectivity index (χ3v) is 7.47. The zero-order valence-corrected chi connectivity index (χ0v) is 23.6. The van der Waals surface area contributed by atoms with Gasteiger partial charge in [-0.05, 0) is 73.2 Å². The molecular formula is C35H26FN5O3. The van der Waals surface area contributed by atoms with E-state index in [-0.39, 0.29) is 17.0 Å². The first kappa shape index (κ1) is 28.1. The summed E-state index contributed by atoms with van der Waals surface area (Å²) in [6.07, 6.45) is 1.88. The van der Waals surface area contributed by atoms with Gasteiger partial charge in [0.2, 0.25) is 0 Å². The van der Waals surface area contributed by atoms with Crippen LogP contribution in [0, 0.1) is 17.1 Å². The van der Waals surface area contributed by atoms with Crippen molar-refractivity contribution in [2.45, 2.75) is 19.5 Å². The Morgan fingerprint density at radius 2 is 1.80 bits per heavy atom. The average Bonchev–Trinajstić information content (AvgIpc) is 3.44. The Bertz CT molecular complexity index is 2100. The highest BCUT2D eigenvalue weighted by atomic mass is 19.1. The van der Waals surface area contributed by atoms with E-state index < -0.39 is 17.8 Å². The number of rotatable bonds is 8. The number of hydrogen-bond acceptors (Lipinski definition) is 5. The summed E-state index contributed by atoms with van der Waals surface area (Å²) in [4.78, 5) is 29.8. The summed E-state index contributed by atoms with van der Waals surface area (Å²) >= 11 is 0. The van der Waals surface area contributed by atoms with E-state index in [0.717, 1.165) is 33.6 Å². The lowest BCUT2D eigenvalue weighted by molar-refractivity contribution is 0.0696. The van der Waals surface area contributed by atoms with Gasteiger partial charge >= 0.3 is 5.97 Å². The van der Waals surface area contributed by atoms with Crippen LogP contribution in [0.4, 0.5) is 15.8 Å². The van der Waals surface area contributed by atoms with Gasteiger partial charge in [-0.2, -0.15) is 5.26 Å². The molecule has 1 amide bonds. The number of aromatic carboxylic acids is 1. The van der Waals surface area contributed by atoms with Gasteiger partial charge in [0.25, 0.3) is 5.91 Å². The van der Waals surface area contributed by atoms with E-state index in [1.807, 2.05) is 66.2 Å². The number of nitriles is 1. The van der Waals surface area contributed by atoms with Crippen LogP contribution in [0.5, 0.6) is 0 Å². The van der Waals surface area contributed by atoms with Gasteiger partial charge in [-0.1, -0.05) is 36.4 Å². The largest absolute Gasteiger partial charge is 0.478 e. The van der Waals surface area contributed by atoms with Gasteiger partial charge in [-0.25, -0.2) is 9.18 Å². The zero-order valence-electron chi connectivity index (χ0n) is 23.6. The van der Waals surface area contributed by atoms with Crippen molar-refractivity contribution in [2.24, 2.45) is 0 Å². The number of nitrogens with zero attached hydrogens (tertiary/aromatic N) is 3. The maximum atomic E-state index is 14.2. The summed E-state index contributed by atoms with van der Waals surface area (Å²) in [6.45, 7) is 2.22. The number of amides is 1. The topological polar surface area (TPSA) is 120 Å². The van der Waals surface area contributed by atoms with Crippen molar-refractivity contribution in [3.8, 4) is 6.07 Å². The van der Waals surface area contributed by atoms with Crippen molar-refractivity contribution >= 4 is 45.1 Å². The summed E-state index contributed by atoms with van der Waals surface area (Å²) in [5.74, 6) is -1.88. The molecule has 0 aliphatic rings. The number of carboxylic acid groups (broad SMARTS) is 1. The number of anilines is 2. The van der Waals surface area contributed by atoms with Crippen molar-refractivity contribution in [2.75, 3.05) is 5.32 Å². The van der Waals surface area contributed by atoms with Gasteiger partial charge in [-0.15, -0.1) is 0 Å². The molecule has 3 N–H and O–H groups in total. The quantitative estimate of drug-likeness (QED) is 0.175. The first-order chi connectivity index (χ1) is 21.3. The van der Waals surface area contributed by atoms with Gasteiger partial charge in [0.05, 0.1) is 52.1 Å². The Morgan fingerprint density at radius 1 is 1.00 bits per heavy atom. The minimum absolute atomic E-state index is 0.164. The Hall–Kier alpha value is -6.01. The van der Waals surface area contributed by atoms with E-state index in [1.54, 1.807) is 30.3 Å². The van der Waals surface area contributed by atoms with Gasteiger partial charge in [-0.3, -0.25) is 9.78 Å². The monoisotopic (exact) mass is 583 g/mol. The SMILES string of the molecule is C[C@H](NC(=O)c1ccc(Nc2cc(F)cc(C#N)c2)c2ccn(Cc3ccc4ccccc4n3)c12)c1ccc(C(=O)O)cc1. The highest BCUT2D eigenvalue weighted by molar-refractivity contribution is 6.10. The fourth-order valence-corrected chi connectivity index (χ4v) is 5.27. The number of nitrogens with one attached hydrogen (secondary N) is 2. The molecule has 0 aliphatic carbocycles. The molecule has 2 heterocycles. The van der Waals surface area contributed by atoms with Crippen molar-refractivity contribution in [1.82, 2.24) is 14.9 Å².